The molecule has 0 saturated carbocycles. The van der Waals surface area contributed by atoms with Crippen LogP contribution < -0.4 is 0 Å². The molecule has 1 fully saturated rings. The average Bonchev–Trinajstić information content (AvgIpc) is 2.41. The Morgan fingerprint density at radius 3 is 2.56 bits per heavy atom. The molecule has 3 rings (SSSR count). The first-order chi connectivity index (χ1) is 8.81. The molecule has 1 aliphatic heterocycles. The normalized spacial score (nSPS) is 25.9. The van der Waals surface area contributed by atoms with E-state index < -0.39 is 0 Å². The molecule has 1 unspecified atom stereocenters. The van der Waals surface area contributed by atoms with Crippen LogP contribution in [0.3, 0.4) is 0 Å². The average molecular weight is 245 g/mol. The molecule has 2 heteroatoms. The molecule has 98 valence electrons. The zero-order chi connectivity index (χ0) is 12.4. The fourth-order valence-electron chi connectivity index (χ4n) is 3.40. The standard InChI is InChI=1S/C16H23NO/c18-16-7-9-17(10-8-16)12-13-5-6-14-3-1-2-4-15(14)11-13/h1-4,13,16,18H,5-12H2. The number of benzene rings is 1. The van der Waals surface area contributed by atoms with Crippen molar-refractivity contribution in [2.45, 2.75) is 38.2 Å². The van der Waals surface area contributed by atoms with Crippen molar-refractivity contribution in [2.24, 2.45) is 5.92 Å². The van der Waals surface area contributed by atoms with Crippen LogP contribution in [0.1, 0.15) is 30.4 Å². The number of fused-ring (bicyclic) bond motifs is 1. The van der Waals surface area contributed by atoms with Crippen molar-refractivity contribution in [1.82, 2.24) is 4.90 Å². The summed E-state index contributed by atoms with van der Waals surface area (Å²) in [6.07, 6.45) is 5.70. The molecule has 0 amide bonds. The number of aliphatic hydroxyl groups is 1. The van der Waals surface area contributed by atoms with Crippen LogP contribution in [0, 0.1) is 5.92 Å². The molecule has 18 heavy (non-hydrogen) atoms. The Hall–Kier alpha value is -0.860. The van der Waals surface area contributed by atoms with Gasteiger partial charge in [-0.1, -0.05) is 24.3 Å². The predicted molar refractivity (Wildman–Crippen MR) is 73.6 cm³/mol. The molecule has 0 radical (unpaired) electrons. The molecular weight excluding hydrogens is 222 g/mol. The Balaban J connectivity index is 1.56. The van der Waals surface area contributed by atoms with Crippen molar-refractivity contribution in [3.63, 3.8) is 0 Å². The van der Waals surface area contributed by atoms with E-state index in [1.54, 1.807) is 11.1 Å². The Kier molecular flexibility index (Phi) is 3.67. The van der Waals surface area contributed by atoms with E-state index in [-0.39, 0.29) is 6.10 Å². The van der Waals surface area contributed by atoms with E-state index >= 15 is 0 Å². The highest BCUT2D eigenvalue weighted by Crippen LogP contribution is 2.26. The summed E-state index contributed by atoms with van der Waals surface area (Å²) in [5, 5.41) is 9.54. The molecule has 1 saturated heterocycles. The summed E-state index contributed by atoms with van der Waals surface area (Å²) in [5.41, 5.74) is 3.12. The minimum absolute atomic E-state index is 0.0478. The highest BCUT2D eigenvalue weighted by atomic mass is 16.3. The lowest BCUT2D eigenvalue weighted by Crippen LogP contribution is -2.39. The lowest BCUT2D eigenvalue weighted by atomic mass is 9.83. The van der Waals surface area contributed by atoms with Gasteiger partial charge < -0.3 is 10.0 Å². The molecule has 0 aromatic heterocycles. The second kappa shape index (κ2) is 5.41. The molecule has 1 aromatic carbocycles. The molecule has 1 atom stereocenters. The first-order valence-electron chi connectivity index (χ1n) is 7.28. The SMILES string of the molecule is OC1CCN(CC2CCc3ccccc3C2)CC1. The summed E-state index contributed by atoms with van der Waals surface area (Å²) in [6, 6.07) is 8.90. The molecule has 2 aliphatic rings. The minimum Gasteiger partial charge on any atom is -0.393 e. The molecule has 1 aromatic rings. The molecule has 0 spiro atoms. The molecule has 1 N–H and O–H groups in total. The van der Waals surface area contributed by atoms with E-state index in [1.807, 2.05) is 0 Å². The zero-order valence-corrected chi connectivity index (χ0v) is 11.0. The van der Waals surface area contributed by atoms with E-state index in [2.05, 4.69) is 29.2 Å². The number of aryl methyl sites for hydroxylation is 1. The van der Waals surface area contributed by atoms with Crippen molar-refractivity contribution in [3.05, 3.63) is 35.4 Å². The third-order valence-corrected chi connectivity index (χ3v) is 4.52. The monoisotopic (exact) mass is 245 g/mol. The number of hydrogen-bond acceptors (Lipinski definition) is 2. The van der Waals surface area contributed by atoms with E-state index in [0.29, 0.717) is 0 Å². The fourth-order valence-corrected chi connectivity index (χ4v) is 3.40. The highest BCUT2D eigenvalue weighted by Gasteiger charge is 2.23. The van der Waals surface area contributed by atoms with Gasteiger partial charge in [-0.25, -0.2) is 0 Å². The summed E-state index contributed by atoms with van der Waals surface area (Å²) < 4.78 is 0. The number of rotatable bonds is 2. The number of hydrogen-bond donors (Lipinski definition) is 1. The van der Waals surface area contributed by atoms with Crippen LogP contribution >= 0.6 is 0 Å². The van der Waals surface area contributed by atoms with Gasteiger partial charge in [0.25, 0.3) is 0 Å². The zero-order valence-electron chi connectivity index (χ0n) is 11.0. The second-order valence-electron chi connectivity index (χ2n) is 5.91. The van der Waals surface area contributed by atoms with Gasteiger partial charge in [0.05, 0.1) is 6.10 Å². The lowest BCUT2D eigenvalue weighted by molar-refractivity contribution is 0.0734. The van der Waals surface area contributed by atoms with Crippen molar-refractivity contribution in [1.29, 1.82) is 0 Å². The maximum Gasteiger partial charge on any atom is 0.0564 e. The maximum atomic E-state index is 9.54. The Morgan fingerprint density at radius 1 is 1.06 bits per heavy atom. The molecule has 1 heterocycles. The van der Waals surface area contributed by atoms with E-state index in [1.165, 1.54) is 25.8 Å². The van der Waals surface area contributed by atoms with Crippen molar-refractivity contribution >= 4 is 0 Å². The van der Waals surface area contributed by atoms with Crippen LogP contribution in [0.25, 0.3) is 0 Å². The van der Waals surface area contributed by atoms with Gasteiger partial charge in [-0.2, -0.15) is 0 Å². The van der Waals surface area contributed by atoms with Gasteiger partial charge >= 0.3 is 0 Å². The molecular formula is C16H23NO. The van der Waals surface area contributed by atoms with E-state index in [4.69, 9.17) is 0 Å². The summed E-state index contributed by atoms with van der Waals surface area (Å²) >= 11 is 0. The predicted octanol–water partition coefficient (Wildman–Crippen LogP) is 2.25. The maximum absolute atomic E-state index is 9.54. The second-order valence-corrected chi connectivity index (χ2v) is 5.91. The van der Waals surface area contributed by atoms with Crippen molar-refractivity contribution in [3.8, 4) is 0 Å². The number of aliphatic hydroxyl groups excluding tert-OH is 1. The van der Waals surface area contributed by atoms with E-state index in [0.717, 1.165) is 31.8 Å². The topological polar surface area (TPSA) is 23.5 Å². The van der Waals surface area contributed by atoms with Crippen LogP contribution in [0.2, 0.25) is 0 Å². The van der Waals surface area contributed by atoms with Gasteiger partial charge in [0.15, 0.2) is 0 Å². The summed E-state index contributed by atoms with van der Waals surface area (Å²) in [4.78, 5) is 2.55. The first-order valence-corrected chi connectivity index (χ1v) is 7.28. The van der Waals surface area contributed by atoms with Gasteiger partial charge in [0.2, 0.25) is 0 Å². The summed E-state index contributed by atoms with van der Waals surface area (Å²) in [5.74, 6) is 0.815. The van der Waals surface area contributed by atoms with Crippen LogP contribution in [0.4, 0.5) is 0 Å². The quantitative estimate of drug-likeness (QED) is 0.864. The molecule has 1 aliphatic carbocycles. The van der Waals surface area contributed by atoms with E-state index in [9.17, 15) is 5.11 Å². The summed E-state index contributed by atoms with van der Waals surface area (Å²) in [6.45, 7) is 3.39. The summed E-state index contributed by atoms with van der Waals surface area (Å²) in [7, 11) is 0. The van der Waals surface area contributed by atoms with Gasteiger partial charge in [-0.05, 0) is 49.1 Å². The van der Waals surface area contributed by atoms with Gasteiger partial charge in [-0.15, -0.1) is 0 Å². The third-order valence-electron chi connectivity index (χ3n) is 4.52. The fraction of sp³-hybridized carbons (Fsp3) is 0.625. The van der Waals surface area contributed by atoms with Crippen molar-refractivity contribution < 1.29 is 5.11 Å². The van der Waals surface area contributed by atoms with Gasteiger partial charge in [0, 0.05) is 19.6 Å². The molecule has 2 nitrogen and oxygen atoms in total. The first kappa shape index (κ1) is 12.2. The minimum atomic E-state index is -0.0478. The van der Waals surface area contributed by atoms with Crippen LogP contribution in [-0.2, 0) is 12.8 Å². The number of piperidine rings is 1. The Labute approximate surface area is 110 Å². The smallest absolute Gasteiger partial charge is 0.0564 e. The number of likely N-dealkylation sites (tertiary alicyclic amines) is 1. The van der Waals surface area contributed by atoms with Crippen LogP contribution in [0.5, 0.6) is 0 Å². The highest BCUT2D eigenvalue weighted by molar-refractivity contribution is 5.29. The number of nitrogens with zero attached hydrogens (tertiary/aromatic N) is 1. The lowest BCUT2D eigenvalue weighted by Gasteiger charge is -2.34. The third kappa shape index (κ3) is 2.76. The largest absolute Gasteiger partial charge is 0.393 e. The van der Waals surface area contributed by atoms with Crippen LogP contribution in [0.15, 0.2) is 24.3 Å². The van der Waals surface area contributed by atoms with Crippen molar-refractivity contribution in [2.75, 3.05) is 19.6 Å². The van der Waals surface area contributed by atoms with Gasteiger partial charge in [0.1, 0.15) is 0 Å². The molecule has 0 bridgehead atoms. The Bertz CT molecular complexity index is 396. The van der Waals surface area contributed by atoms with Gasteiger partial charge in [-0.3, -0.25) is 0 Å². The Morgan fingerprint density at radius 2 is 1.78 bits per heavy atom. The van der Waals surface area contributed by atoms with Crippen LogP contribution in [-0.4, -0.2) is 35.7 Å².